The second-order valence-electron chi connectivity index (χ2n) is 4.09. The lowest BCUT2D eigenvalue weighted by atomic mass is 10.3. The Morgan fingerprint density at radius 2 is 1.12 bits per heavy atom. The van der Waals surface area contributed by atoms with Crippen molar-refractivity contribution in [1.82, 2.24) is 0 Å². The molecule has 0 rings (SSSR count). The minimum atomic E-state index is -7.49. The van der Waals surface area contributed by atoms with E-state index < -0.39 is 48.7 Å². The Hall–Kier alpha value is -1.59. The van der Waals surface area contributed by atoms with E-state index in [4.69, 9.17) is 5.11 Å². The fraction of sp³-hybridized carbons (Fsp3) is 0.875. The molecule has 0 saturated heterocycles. The van der Waals surface area contributed by atoms with Crippen LogP contribution in [0.4, 0.5) is 61.5 Å². The van der Waals surface area contributed by atoms with Crippen molar-refractivity contribution in [1.29, 1.82) is 0 Å². The van der Waals surface area contributed by atoms with Crippen molar-refractivity contribution in [2.75, 3.05) is 0 Å². The lowest BCUT2D eigenvalue weighted by Gasteiger charge is -2.33. The molecule has 0 amide bonds. The molecule has 0 radical (unpaired) electrons. The molecule has 156 valence electrons. The maximum absolute atomic E-state index is 12.7. The number of halogens is 14. The number of hydrogen-bond acceptors (Lipinski definition) is 3. The van der Waals surface area contributed by atoms with Crippen molar-refractivity contribution < 1.29 is 80.8 Å². The van der Waals surface area contributed by atoms with Crippen molar-refractivity contribution in [3.05, 3.63) is 0 Å². The van der Waals surface area contributed by atoms with Gasteiger partial charge in [-0.15, -0.1) is 0 Å². The standard InChI is InChI=1S/C8H2F14O4/c9-1(3(10,11)2(23)24)25-7(19,20)8(21,22)26-6(17,18)4(12,13)5(14,15)16/h1H,(H,23,24). The summed E-state index contributed by atoms with van der Waals surface area (Å²) in [5.41, 5.74) is 0. The highest BCUT2D eigenvalue weighted by Gasteiger charge is 2.79. The zero-order valence-corrected chi connectivity index (χ0v) is 11.0. The van der Waals surface area contributed by atoms with Gasteiger partial charge in [-0.3, -0.25) is 4.74 Å². The van der Waals surface area contributed by atoms with E-state index >= 15 is 0 Å². The van der Waals surface area contributed by atoms with Crippen LogP contribution in [0.15, 0.2) is 0 Å². The van der Waals surface area contributed by atoms with Crippen molar-refractivity contribution in [2.24, 2.45) is 0 Å². The van der Waals surface area contributed by atoms with Gasteiger partial charge >= 0.3 is 42.3 Å². The van der Waals surface area contributed by atoms with Gasteiger partial charge in [-0.05, 0) is 0 Å². The van der Waals surface area contributed by atoms with Crippen LogP contribution in [-0.2, 0) is 14.3 Å². The average Bonchev–Trinajstić information content (AvgIpc) is 2.34. The molecule has 0 aliphatic rings. The maximum Gasteiger partial charge on any atom is 0.462 e. The van der Waals surface area contributed by atoms with Gasteiger partial charge in [0.1, 0.15) is 0 Å². The van der Waals surface area contributed by atoms with Gasteiger partial charge in [0, 0.05) is 0 Å². The number of hydrogen-bond donors (Lipinski definition) is 1. The smallest absolute Gasteiger partial charge is 0.462 e. The molecule has 0 bridgehead atoms. The van der Waals surface area contributed by atoms with Gasteiger partial charge in [0.15, 0.2) is 0 Å². The van der Waals surface area contributed by atoms with Gasteiger partial charge in [0.2, 0.25) is 0 Å². The van der Waals surface area contributed by atoms with E-state index in [1.165, 1.54) is 4.74 Å². The molecular formula is C8H2F14O4. The van der Waals surface area contributed by atoms with E-state index in [2.05, 4.69) is 0 Å². The van der Waals surface area contributed by atoms with Crippen molar-refractivity contribution in [3.63, 3.8) is 0 Å². The van der Waals surface area contributed by atoms with E-state index in [9.17, 15) is 66.3 Å². The Balaban J connectivity index is 5.64. The van der Waals surface area contributed by atoms with Crippen molar-refractivity contribution in [3.8, 4) is 0 Å². The topological polar surface area (TPSA) is 55.8 Å². The fourth-order valence-corrected chi connectivity index (χ4v) is 0.819. The quantitative estimate of drug-likeness (QED) is 0.594. The highest BCUT2D eigenvalue weighted by atomic mass is 19.4. The van der Waals surface area contributed by atoms with E-state index in [0.29, 0.717) is 0 Å². The van der Waals surface area contributed by atoms with Crippen molar-refractivity contribution in [2.45, 2.75) is 42.7 Å². The summed E-state index contributed by atoms with van der Waals surface area (Å²) in [6.45, 7) is 0. The molecule has 0 aromatic carbocycles. The first-order valence-electron chi connectivity index (χ1n) is 5.24. The lowest BCUT2D eigenvalue weighted by Crippen LogP contribution is -2.60. The largest absolute Gasteiger partial charge is 0.477 e. The molecule has 1 N–H and O–H groups in total. The predicted molar refractivity (Wildman–Crippen MR) is 45.5 cm³/mol. The molecule has 0 spiro atoms. The third kappa shape index (κ3) is 4.38. The minimum Gasteiger partial charge on any atom is -0.477 e. The fourth-order valence-electron chi connectivity index (χ4n) is 0.819. The molecule has 0 aliphatic carbocycles. The van der Waals surface area contributed by atoms with Gasteiger partial charge in [-0.25, -0.2) is 13.9 Å². The SMILES string of the molecule is O=C(O)C(F)(F)C(F)OC(F)(F)C(F)(F)OC(F)(F)C(F)(F)C(F)(F)F. The van der Waals surface area contributed by atoms with E-state index in [-0.39, 0.29) is 0 Å². The number of carboxylic acid groups (broad SMARTS) is 1. The Bertz CT molecular complexity index is 526. The first-order chi connectivity index (χ1) is 11.0. The Labute approximate surface area is 131 Å². The Morgan fingerprint density at radius 3 is 1.42 bits per heavy atom. The van der Waals surface area contributed by atoms with Crippen LogP contribution in [0.2, 0.25) is 0 Å². The monoisotopic (exact) mass is 428 g/mol. The van der Waals surface area contributed by atoms with Crippen LogP contribution >= 0.6 is 0 Å². The van der Waals surface area contributed by atoms with Crippen LogP contribution in [0.25, 0.3) is 0 Å². The van der Waals surface area contributed by atoms with Crippen LogP contribution < -0.4 is 0 Å². The minimum absolute atomic E-state index is 1.38. The summed E-state index contributed by atoms with van der Waals surface area (Å²) in [7, 11) is 0. The molecule has 0 aromatic rings. The van der Waals surface area contributed by atoms with E-state index in [0.717, 1.165) is 0 Å². The molecule has 0 aliphatic heterocycles. The van der Waals surface area contributed by atoms with Gasteiger partial charge in [0.05, 0.1) is 0 Å². The summed E-state index contributed by atoms with van der Waals surface area (Å²) >= 11 is 0. The summed E-state index contributed by atoms with van der Waals surface area (Å²) in [4.78, 5) is 9.79. The molecule has 18 heteroatoms. The van der Waals surface area contributed by atoms with Crippen LogP contribution in [0, 0.1) is 0 Å². The van der Waals surface area contributed by atoms with Crippen LogP contribution in [0.5, 0.6) is 0 Å². The summed E-state index contributed by atoms with van der Waals surface area (Å²) in [5, 5.41) is 7.72. The number of carbonyl (C=O) groups is 1. The molecule has 0 fully saturated rings. The number of rotatable bonds is 8. The first kappa shape index (κ1) is 24.4. The second kappa shape index (κ2) is 6.54. The van der Waals surface area contributed by atoms with Gasteiger partial charge in [-0.2, -0.15) is 57.1 Å². The average molecular weight is 428 g/mol. The van der Waals surface area contributed by atoms with Crippen LogP contribution in [0.1, 0.15) is 0 Å². The molecule has 0 heterocycles. The molecule has 4 nitrogen and oxygen atoms in total. The third-order valence-corrected chi connectivity index (χ3v) is 2.14. The zero-order chi connectivity index (χ0) is 21.6. The number of carboxylic acids is 1. The normalized spacial score (nSPS) is 16.5. The van der Waals surface area contributed by atoms with Gasteiger partial charge in [-0.1, -0.05) is 0 Å². The van der Waals surface area contributed by atoms with Crippen molar-refractivity contribution >= 4 is 5.97 Å². The molecular weight excluding hydrogens is 426 g/mol. The lowest BCUT2D eigenvalue weighted by molar-refractivity contribution is -0.530. The first-order valence-corrected chi connectivity index (χ1v) is 5.24. The summed E-state index contributed by atoms with van der Waals surface area (Å²) in [5.74, 6) is -17.0. The Kier molecular flexibility index (Phi) is 6.14. The molecule has 0 aromatic heterocycles. The van der Waals surface area contributed by atoms with Crippen LogP contribution in [0.3, 0.4) is 0 Å². The maximum atomic E-state index is 12.7. The summed E-state index contributed by atoms with van der Waals surface area (Å²) in [6, 6.07) is 0. The van der Waals surface area contributed by atoms with Crippen LogP contribution in [-0.4, -0.2) is 53.8 Å². The number of alkyl halides is 14. The molecule has 0 saturated carbocycles. The third-order valence-electron chi connectivity index (χ3n) is 2.14. The molecule has 26 heavy (non-hydrogen) atoms. The van der Waals surface area contributed by atoms with E-state index in [1.54, 1.807) is 0 Å². The second-order valence-corrected chi connectivity index (χ2v) is 4.09. The predicted octanol–water partition coefficient (Wildman–Crippen LogP) is 4.01. The van der Waals surface area contributed by atoms with Gasteiger partial charge in [0.25, 0.3) is 6.36 Å². The zero-order valence-electron chi connectivity index (χ0n) is 11.0. The number of ether oxygens (including phenoxy) is 2. The van der Waals surface area contributed by atoms with Gasteiger partial charge < -0.3 is 5.11 Å². The molecule has 1 atom stereocenters. The van der Waals surface area contributed by atoms with E-state index in [1.807, 2.05) is 4.74 Å². The summed E-state index contributed by atoms with van der Waals surface area (Å²) < 4.78 is 176. The highest BCUT2D eigenvalue weighted by molar-refractivity contribution is 5.75. The highest BCUT2D eigenvalue weighted by Crippen LogP contribution is 2.51. The number of aliphatic carboxylic acids is 1. The molecule has 1 unspecified atom stereocenters. The summed E-state index contributed by atoms with van der Waals surface area (Å²) in [6.07, 6.45) is -34.2. The Morgan fingerprint density at radius 1 is 0.731 bits per heavy atom.